The lowest BCUT2D eigenvalue weighted by Gasteiger charge is -2.07. The second-order valence-electron chi connectivity index (χ2n) is 5.54. The van der Waals surface area contributed by atoms with Crippen LogP contribution in [0.15, 0.2) is 59.0 Å². The fourth-order valence-electron chi connectivity index (χ4n) is 2.30. The van der Waals surface area contributed by atoms with Gasteiger partial charge in [0.05, 0.1) is 15.6 Å². The normalized spacial score (nSPS) is 11.0. The minimum absolute atomic E-state index is 0.0764. The molecule has 2 N–H and O–H groups in total. The highest BCUT2D eigenvalue weighted by atomic mass is 35.5. The Kier molecular flexibility index (Phi) is 5.74. The van der Waals surface area contributed by atoms with Crippen LogP contribution in [0.4, 0.5) is 0 Å². The SMILES string of the molecule is O=C(/C=C/c1ccc(COc2c(Cl)cccc2Cl)o1)c1ccc(O)cc1O. The Balaban J connectivity index is 1.65. The molecule has 3 aromatic rings. The molecular formula is C20H14Cl2O5. The van der Waals surface area contributed by atoms with Crippen LogP contribution in [0, 0.1) is 0 Å². The van der Waals surface area contributed by atoms with Gasteiger partial charge in [0.2, 0.25) is 0 Å². The highest BCUT2D eigenvalue weighted by molar-refractivity contribution is 6.37. The van der Waals surface area contributed by atoms with E-state index in [1.54, 1.807) is 30.3 Å². The lowest BCUT2D eigenvalue weighted by molar-refractivity contribution is 0.104. The van der Waals surface area contributed by atoms with E-state index in [1.807, 2.05) is 0 Å². The predicted octanol–water partition coefficient (Wildman–Crippen LogP) is 5.47. The molecule has 0 radical (unpaired) electrons. The fraction of sp³-hybridized carbons (Fsp3) is 0.0500. The molecule has 3 rings (SSSR count). The number of hydrogen-bond acceptors (Lipinski definition) is 5. The smallest absolute Gasteiger partial charge is 0.189 e. The predicted molar refractivity (Wildman–Crippen MR) is 103 cm³/mol. The molecule has 0 aliphatic heterocycles. The number of phenolic OH excluding ortho intramolecular Hbond substituents is 2. The van der Waals surface area contributed by atoms with Crippen molar-refractivity contribution < 1.29 is 24.2 Å². The number of furan rings is 1. The molecule has 0 fully saturated rings. The summed E-state index contributed by atoms with van der Waals surface area (Å²) in [5.74, 6) is 0.477. The van der Waals surface area contributed by atoms with E-state index in [1.165, 1.54) is 24.3 Å². The summed E-state index contributed by atoms with van der Waals surface area (Å²) < 4.78 is 11.2. The van der Waals surface area contributed by atoms with Crippen LogP contribution in [0.25, 0.3) is 6.08 Å². The van der Waals surface area contributed by atoms with Crippen molar-refractivity contribution in [3.05, 3.63) is 81.7 Å². The van der Waals surface area contributed by atoms with Gasteiger partial charge in [-0.15, -0.1) is 0 Å². The quantitative estimate of drug-likeness (QED) is 0.420. The number of hydrogen-bond donors (Lipinski definition) is 2. The lowest BCUT2D eigenvalue weighted by Crippen LogP contribution is -1.95. The molecule has 1 aromatic heterocycles. The molecule has 0 spiro atoms. The van der Waals surface area contributed by atoms with Crippen LogP contribution in [0.2, 0.25) is 10.0 Å². The Morgan fingerprint density at radius 3 is 2.52 bits per heavy atom. The van der Waals surface area contributed by atoms with Gasteiger partial charge in [-0.25, -0.2) is 0 Å². The van der Waals surface area contributed by atoms with Crippen molar-refractivity contribution in [2.45, 2.75) is 6.61 Å². The number of benzene rings is 2. The summed E-state index contributed by atoms with van der Waals surface area (Å²) >= 11 is 12.1. The van der Waals surface area contributed by atoms with Crippen LogP contribution in [0.3, 0.4) is 0 Å². The summed E-state index contributed by atoms with van der Waals surface area (Å²) in [6.07, 6.45) is 2.74. The first kappa shape index (κ1) is 18.9. The minimum atomic E-state index is -0.426. The molecule has 0 saturated heterocycles. The lowest BCUT2D eigenvalue weighted by atomic mass is 10.1. The Morgan fingerprint density at radius 2 is 1.81 bits per heavy atom. The van der Waals surface area contributed by atoms with E-state index >= 15 is 0 Å². The molecule has 1 heterocycles. The molecule has 0 bridgehead atoms. The van der Waals surface area contributed by atoms with E-state index in [-0.39, 0.29) is 23.7 Å². The topological polar surface area (TPSA) is 79.9 Å². The van der Waals surface area contributed by atoms with Gasteiger partial charge < -0.3 is 19.4 Å². The first-order chi connectivity index (χ1) is 12.9. The van der Waals surface area contributed by atoms with Crippen molar-refractivity contribution >= 4 is 35.1 Å². The molecule has 27 heavy (non-hydrogen) atoms. The number of para-hydroxylation sites is 1. The molecule has 0 aliphatic carbocycles. The molecule has 2 aromatic carbocycles. The average molecular weight is 405 g/mol. The maximum Gasteiger partial charge on any atom is 0.189 e. The van der Waals surface area contributed by atoms with Crippen LogP contribution < -0.4 is 4.74 Å². The van der Waals surface area contributed by atoms with Crippen molar-refractivity contribution in [3.8, 4) is 17.2 Å². The molecular weight excluding hydrogens is 391 g/mol. The highest BCUT2D eigenvalue weighted by Crippen LogP contribution is 2.33. The van der Waals surface area contributed by atoms with E-state index in [0.29, 0.717) is 27.3 Å². The van der Waals surface area contributed by atoms with E-state index < -0.39 is 5.78 Å². The summed E-state index contributed by atoms with van der Waals surface area (Å²) in [4.78, 5) is 12.1. The summed E-state index contributed by atoms with van der Waals surface area (Å²) in [6.45, 7) is 0.115. The third kappa shape index (κ3) is 4.64. The van der Waals surface area contributed by atoms with Gasteiger partial charge in [0.15, 0.2) is 11.5 Å². The van der Waals surface area contributed by atoms with Crippen molar-refractivity contribution in [1.29, 1.82) is 0 Å². The third-order valence-corrected chi connectivity index (χ3v) is 4.20. The molecule has 7 heteroatoms. The third-order valence-electron chi connectivity index (χ3n) is 3.61. The number of rotatable bonds is 6. The van der Waals surface area contributed by atoms with Crippen molar-refractivity contribution in [3.63, 3.8) is 0 Å². The molecule has 0 amide bonds. The average Bonchev–Trinajstić information content (AvgIpc) is 3.07. The molecule has 5 nitrogen and oxygen atoms in total. The summed E-state index contributed by atoms with van der Waals surface area (Å²) in [7, 11) is 0. The number of phenols is 2. The zero-order valence-electron chi connectivity index (χ0n) is 13.9. The largest absolute Gasteiger partial charge is 0.508 e. The van der Waals surface area contributed by atoms with Crippen molar-refractivity contribution in [2.24, 2.45) is 0 Å². The Bertz CT molecular complexity index is 987. The van der Waals surface area contributed by atoms with E-state index in [4.69, 9.17) is 32.4 Å². The fourth-order valence-corrected chi connectivity index (χ4v) is 2.81. The van der Waals surface area contributed by atoms with E-state index in [2.05, 4.69) is 0 Å². The maximum absolute atomic E-state index is 12.1. The molecule has 0 atom stereocenters. The van der Waals surface area contributed by atoms with Crippen LogP contribution in [-0.4, -0.2) is 16.0 Å². The summed E-state index contributed by atoms with van der Waals surface area (Å²) in [5, 5.41) is 19.8. The van der Waals surface area contributed by atoms with Crippen LogP contribution in [-0.2, 0) is 6.61 Å². The standard InChI is InChI=1S/C20H14Cl2O5/c21-16-2-1-3-17(22)20(16)26-11-14-6-5-13(27-14)7-9-18(24)15-8-4-12(23)10-19(15)25/h1-10,23,25H,11H2/b9-7+. The van der Waals surface area contributed by atoms with Crippen LogP contribution in [0.5, 0.6) is 17.2 Å². The van der Waals surface area contributed by atoms with Gasteiger partial charge in [0, 0.05) is 6.07 Å². The van der Waals surface area contributed by atoms with Gasteiger partial charge >= 0.3 is 0 Å². The van der Waals surface area contributed by atoms with Gasteiger partial charge in [-0.3, -0.25) is 4.79 Å². The van der Waals surface area contributed by atoms with E-state index in [9.17, 15) is 15.0 Å². The van der Waals surface area contributed by atoms with Gasteiger partial charge in [0.25, 0.3) is 0 Å². The van der Waals surface area contributed by atoms with Gasteiger partial charge in [-0.2, -0.15) is 0 Å². The second kappa shape index (κ2) is 8.20. The number of carbonyl (C=O) groups excluding carboxylic acids is 1. The first-order valence-electron chi connectivity index (χ1n) is 7.84. The van der Waals surface area contributed by atoms with Crippen LogP contribution >= 0.6 is 23.2 Å². The zero-order chi connectivity index (χ0) is 19.4. The number of ketones is 1. The highest BCUT2D eigenvalue weighted by Gasteiger charge is 2.10. The number of allylic oxidation sites excluding steroid dienone is 1. The number of carbonyl (C=O) groups is 1. The van der Waals surface area contributed by atoms with Crippen LogP contribution in [0.1, 0.15) is 21.9 Å². The minimum Gasteiger partial charge on any atom is -0.508 e. The monoisotopic (exact) mass is 404 g/mol. The molecule has 0 unspecified atom stereocenters. The van der Waals surface area contributed by atoms with Gasteiger partial charge in [-0.1, -0.05) is 29.3 Å². The Hall–Kier alpha value is -2.89. The molecule has 0 aliphatic rings. The summed E-state index contributed by atoms with van der Waals surface area (Å²) in [6, 6.07) is 12.2. The molecule has 0 saturated carbocycles. The maximum atomic E-state index is 12.1. The van der Waals surface area contributed by atoms with Crippen molar-refractivity contribution in [1.82, 2.24) is 0 Å². The summed E-state index contributed by atoms with van der Waals surface area (Å²) in [5.41, 5.74) is 0.0764. The van der Waals surface area contributed by atoms with Gasteiger partial charge in [-0.05, 0) is 48.6 Å². The number of ether oxygens (including phenoxy) is 1. The Labute approximate surface area is 165 Å². The Morgan fingerprint density at radius 1 is 1.07 bits per heavy atom. The number of aromatic hydroxyl groups is 2. The van der Waals surface area contributed by atoms with Gasteiger partial charge in [0.1, 0.15) is 29.6 Å². The first-order valence-corrected chi connectivity index (χ1v) is 8.59. The second-order valence-corrected chi connectivity index (χ2v) is 6.36. The molecule has 138 valence electrons. The number of halogens is 2. The van der Waals surface area contributed by atoms with E-state index in [0.717, 1.165) is 6.07 Å². The zero-order valence-corrected chi connectivity index (χ0v) is 15.4. The van der Waals surface area contributed by atoms with Crippen molar-refractivity contribution in [2.75, 3.05) is 0 Å².